The Balaban J connectivity index is 1.84. The molecule has 4 nitrogen and oxygen atoms in total. The summed E-state index contributed by atoms with van der Waals surface area (Å²) in [5.41, 5.74) is 1.81. The number of aromatic nitrogens is 1. The highest BCUT2D eigenvalue weighted by Crippen LogP contribution is 2.29. The maximum absolute atomic E-state index is 9.34. The third-order valence-electron chi connectivity index (χ3n) is 4.34. The lowest BCUT2D eigenvalue weighted by molar-refractivity contribution is 0.247. The average molecular weight is 280 g/mol. The van der Waals surface area contributed by atoms with Crippen molar-refractivity contribution in [1.29, 1.82) is 5.26 Å². The van der Waals surface area contributed by atoms with E-state index >= 15 is 0 Å². The van der Waals surface area contributed by atoms with Gasteiger partial charge in [-0.2, -0.15) is 5.26 Å². The van der Waals surface area contributed by atoms with Crippen LogP contribution in [0.4, 0.5) is 5.82 Å². The van der Waals surface area contributed by atoms with Crippen molar-refractivity contribution in [3.05, 3.63) is 35.9 Å². The topological polar surface area (TPSA) is 60.7 Å². The first-order chi connectivity index (χ1) is 10.2. The standard InChI is InChI=1S/C17H20N4/c1-17(6-8-19-9-7-17)12-20-16-14(11-18)10-13-4-2-3-5-15(13)21-16/h2-5,10,19H,6-9,12H2,1H3,(H,20,21). The van der Waals surface area contributed by atoms with Gasteiger partial charge >= 0.3 is 0 Å². The lowest BCUT2D eigenvalue weighted by atomic mass is 9.81. The molecule has 1 aliphatic rings. The van der Waals surface area contributed by atoms with Crippen LogP contribution in [0.2, 0.25) is 0 Å². The van der Waals surface area contributed by atoms with Crippen molar-refractivity contribution in [3.8, 4) is 6.07 Å². The number of nitriles is 1. The highest BCUT2D eigenvalue weighted by atomic mass is 15.0. The maximum atomic E-state index is 9.34. The number of para-hydroxylation sites is 1. The molecule has 1 saturated heterocycles. The molecule has 108 valence electrons. The van der Waals surface area contributed by atoms with Crippen LogP contribution in [-0.2, 0) is 0 Å². The molecule has 0 unspecified atom stereocenters. The van der Waals surface area contributed by atoms with E-state index in [0.717, 1.165) is 43.4 Å². The lowest BCUT2D eigenvalue weighted by Gasteiger charge is -2.34. The van der Waals surface area contributed by atoms with E-state index < -0.39 is 0 Å². The van der Waals surface area contributed by atoms with Gasteiger partial charge in [0, 0.05) is 11.9 Å². The zero-order chi connectivity index (χ0) is 14.7. The summed E-state index contributed by atoms with van der Waals surface area (Å²) in [5.74, 6) is 0.705. The van der Waals surface area contributed by atoms with Crippen LogP contribution in [0, 0.1) is 16.7 Å². The summed E-state index contributed by atoms with van der Waals surface area (Å²) in [6.07, 6.45) is 2.30. The molecule has 0 amide bonds. The number of anilines is 1. The largest absolute Gasteiger partial charge is 0.368 e. The zero-order valence-corrected chi connectivity index (χ0v) is 12.3. The fraction of sp³-hybridized carbons (Fsp3) is 0.412. The smallest absolute Gasteiger partial charge is 0.144 e. The summed E-state index contributed by atoms with van der Waals surface area (Å²) in [7, 11) is 0. The Morgan fingerprint density at radius 2 is 2.10 bits per heavy atom. The van der Waals surface area contributed by atoms with Crippen molar-refractivity contribution < 1.29 is 0 Å². The van der Waals surface area contributed by atoms with Gasteiger partial charge in [-0.3, -0.25) is 0 Å². The molecule has 3 rings (SSSR count). The van der Waals surface area contributed by atoms with E-state index in [2.05, 4.69) is 28.6 Å². The van der Waals surface area contributed by atoms with Gasteiger partial charge in [0.2, 0.25) is 0 Å². The summed E-state index contributed by atoms with van der Waals surface area (Å²) >= 11 is 0. The summed E-state index contributed by atoms with van der Waals surface area (Å²) in [5, 5.41) is 17.1. The maximum Gasteiger partial charge on any atom is 0.144 e. The van der Waals surface area contributed by atoms with Crippen molar-refractivity contribution in [1.82, 2.24) is 10.3 Å². The monoisotopic (exact) mass is 280 g/mol. The van der Waals surface area contributed by atoms with Crippen LogP contribution in [0.5, 0.6) is 0 Å². The molecule has 0 bridgehead atoms. The Morgan fingerprint density at radius 3 is 2.86 bits per heavy atom. The zero-order valence-electron chi connectivity index (χ0n) is 12.3. The molecule has 4 heteroatoms. The molecule has 1 fully saturated rings. The van der Waals surface area contributed by atoms with Gasteiger partial charge in [-0.1, -0.05) is 25.1 Å². The van der Waals surface area contributed by atoms with Gasteiger partial charge in [0.25, 0.3) is 0 Å². The molecule has 21 heavy (non-hydrogen) atoms. The van der Waals surface area contributed by atoms with Gasteiger partial charge in [0.05, 0.1) is 11.1 Å². The number of hydrogen-bond donors (Lipinski definition) is 2. The fourth-order valence-corrected chi connectivity index (χ4v) is 2.84. The first kappa shape index (κ1) is 13.8. The predicted molar refractivity (Wildman–Crippen MR) is 85.2 cm³/mol. The Kier molecular flexibility index (Phi) is 3.76. The van der Waals surface area contributed by atoms with Crippen molar-refractivity contribution in [2.24, 2.45) is 5.41 Å². The van der Waals surface area contributed by atoms with E-state index in [4.69, 9.17) is 0 Å². The quantitative estimate of drug-likeness (QED) is 0.907. The number of pyridine rings is 1. The molecule has 0 radical (unpaired) electrons. The van der Waals surface area contributed by atoms with Crippen LogP contribution in [0.1, 0.15) is 25.3 Å². The van der Waals surface area contributed by atoms with Gasteiger partial charge in [-0.05, 0) is 43.5 Å². The van der Waals surface area contributed by atoms with Gasteiger partial charge in [0.1, 0.15) is 11.9 Å². The van der Waals surface area contributed by atoms with Crippen LogP contribution >= 0.6 is 0 Å². The first-order valence-electron chi connectivity index (χ1n) is 7.45. The van der Waals surface area contributed by atoms with E-state index in [-0.39, 0.29) is 5.41 Å². The fourth-order valence-electron chi connectivity index (χ4n) is 2.84. The number of piperidine rings is 1. The molecule has 1 aromatic carbocycles. The molecular formula is C17H20N4. The molecule has 1 aliphatic heterocycles. The third kappa shape index (κ3) is 2.98. The average Bonchev–Trinajstić information content (AvgIpc) is 2.53. The second kappa shape index (κ2) is 5.71. The minimum absolute atomic E-state index is 0.269. The van der Waals surface area contributed by atoms with Crippen LogP contribution in [0.25, 0.3) is 10.9 Å². The van der Waals surface area contributed by atoms with Crippen molar-refractivity contribution in [2.75, 3.05) is 25.0 Å². The molecule has 1 aromatic heterocycles. The molecule has 0 saturated carbocycles. The number of rotatable bonds is 3. The molecule has 2 heterocycles. The normalized spacial score (nSPS) is 17.3. The second-order valence-electron chi connectivity index (χ2n) is 6.10. The molecule has 2 aromatic rings. The van der Waals surface area contributed by atoms with Crippen molar-refractivity contribution >= 4 is 16.7 Å². The summed E-state index contributed by atoms with van der Waals surface area (Å²) in [4.78, 5) is 4.61. The Hall–Kier alpha value is -2.12. The molecule has 0 aliphatic carbocycles. The summed E-state index contributed by atoms with van der Waals surface area (Å²) in [6, 6.07) is 12.1. The molecular weight excluding hydrogens is 260 g/mol. The van der Waals surface area contributed by atoms with Gasteiger partial charge in [0.15, 0.2) is 0 Å². The van der Waals surface area contributed by atoms with E-state index in [1.807, 2.05) is 30.3 Å². The third-order valence-corrected chi connectivity index (χ3v) is 4.34. The van der Waals surface area contributed by atoms with E-state index in [0.29, 0.717) is 11.4 Å². The highest BCUT2D eigenvalue weighted by Gasteiger charge is 2.26. The predicted octanol–water partition coefficient (Wildman–Crippen LogP) is 2.91. The Labute approximate surface area is 125 Å². The Bertz CT molecular complexity index is 681. The molecule has 0 spiro atoms. The second-order valence-corrected chi connectivity index (χ2v) is 6.10. The van der Waals surface area contributed by atoms with E-state index in [1.165, 1.54) is 0 Å². The lowest BCUT2D eigenvalue weighted by Crippen LogP contribution is -2.39. The van der Waals surface area contributed by atoms with Gasteiger partial charge < -0.3 is 10.6 Å². The Morgan fingerprint density at radius 1 is 1.33 bits per heavy atom. The van der Waals surface area contributed by atoms with E-state index in [1.54, 1.807) is 0 Å². The number of nitrogens with one attached hydrogen (secondary N) is 2. The van der Waals surface area contributed by atoms with Crippen LogP contribution in [-0.4, -0.2) is 24.6 Å². The van der Waals surface area contributed by atoms with Gasteiger partial charge in [-0.25, -0.2) is 4.98 Å². The summed E-state index contributed by atoms with van der Waals surface area (Å²) in [6.45, 7) is 5.28. The van der Waals surface area contributed by atoms with Crippen molar-refractivity contribution in [3.63, 3.8) is 0 Å². The number of hydrogen-bond acceptors (Lipinski definition) is 4. The SMILES string of the molecule is CC1(CNc2nc3ccccc3cc2C#N)CCNCC1. The van der Waals surface area contributed by atoms with Crippen LogP contribution < -0.4 is 10.6 Å². The number of nitrogens with zero attached hydrogens (tertiary/aromatic N) is 2. The van der Waals surface area contributed by atoms with Gasteiger partial charge in [-0.15, -0.1) is 0 Å². The molecule has 0 atom stereocenters. The van der Waals surface area contributed by atoms with Crippen LogP contribution in [0.15, 0.2) is 30.3 Å². The van der Waals surface area contributed by atoms with Crippen LogP contribution in [0.3, 0.4) is 0 Å². The first-order valence-corrected chi connectivity index (χ1v) is 7.45. The number of benzene rings is 1. The molecule has 2 N–H and O–H groups in total. The summed E-state index contributed by atoms with van der Waals surface area (Å²) < 4.78 is 0. The minimum Gasteiger partial charge on any atom is -0.368 e. The number of fused-ring (bicyclic) bond motifs is 1. The van der Waals surface area contributed by atoms with E-state index in [9.17, 15) is 5.26 Å². The van der Waals surface area contributed by atoms with Crippen molar-refractivity contribution in [2.45, 2.75) is 19.8 Å². The highest BCUT2D eigenvalue weighted by molar-refractivity contribution is 5.82. The minimum atomic E-state index is 0.269.